The molecule has 3 nitrogen and oxygen atoms in total. The first-order valence-electron chi connectivity index (χ1n) is 4.16. The molecule has 1 atom stereocenters. The summed E-state index contributed by atoms with van der Waals surface area (Å²) >= 11 is 5.75. The highest BCUT2D eigenvalue weighted by molar-refractivity contribution is 6.30. The van der Waals surface area contributed by atoms with E-state index < -0.39 is 12.1 Å². The van der Waals surface area contributed by atoms with Gasteiger partial charge in [0.05, 0.1) is 0 Å². The topological polar surface area (TPSA) is 46.5 Å². The molecule has 0 aromatic heterocycles. The van der Waals surface area contributed by atoms with Crippen molar-refractivity contribution in [3.8, 4) is 5.75 Å². The third-order valence-corrected chi connectivity index (χ3v) is 2.04. The molecule has 4 heteroatoms. The molecule has 0 unspecified atom stereocenters. The minimum atomic E-state index is -0.996. The monoisotopic (exact) mass is 214 g/mol. The Morgan fingerprint density at radius 3 is 2.79 bits per heavy atom. The van der Waals surface area contributed by atoms with Crippen molar-refractivity contribution in [3.63, 3.8) is 0 Å². The summed E-state index contributed by atoms with van der Waals surface area (Å²) in [5, 5.41) is 9.18. The minimum Gasteiger partial charge on any atom is -0.479 e. The van der Waals surface area contributed by atoms with Crippen LogP contribution in [0.3, 0.4) is 0 Å². The Labute approximate surface area is 87.3 Å². The highest BCUT2D eigenvalue weighted by atomic mass is 35.5. The number of rotatable bonds is 3. The lowest BCUT2D eigenvalue weighted by Crippen LogP contribution is -2.23. The third kappa shape index (κ3) is 2.64. The number of benzene rings is 1. The van der Waals surface area contributed by atoms with Gasteiger partial charge in [0.1, 0.15) is 5.75 Å². The molecule has 14 heavy (non-hydrogen) atoms. The average Bonchev–Trinajstić information content (AvgIpc) is 2.11. The fraction of sp³-hybridized carbons (Fsp3) is 0.300. The van der Waals surface area contributed by atoms with Gasteiger partial charge in [0.2, 0.25) is 0 Å². The van der Waals surface area contributed by atoms with Crippen LogP contribution in [0.25, 0.3) is 0 Å². The smallest absolute Gasteiger partial charge is 0.344 e. The molecule has 0 aliphatic rings. The van der Waals surface area contributed by atoms with E-state index in [0.29, 0.717) is 10.8 Å². The van der Waals surface area contributed by atoms with Gasteiger partial charge in [-0.05, 0) is 31.5 Å². The van der Waals surface area contributed by atoms with Gasteiger partial charge in [-0.3, -0.25) is 0 Å². The molecule has 0 bridgehead atoms. The highest BCUT2D eigenvalue weighted by Crippen LogP contribution is 2.23. The van der Waals surface area contributed by atoms with Crippen molar-refractivity contribution in [1.82, 2.24) is 0 Å². The Hall–Kier alpha value is -1.22. The van der Waals surface area contributed by atoms with E-state index >= 15 is 0 Å². The maximum atomic E-state index is 10.5. The summed E-state index contributed by atoms with van der Waals surface area (Å²) < 4.78 is 5.20. The van der Waals surface area contributed by atoms with E-state index in [-0.39, 0.29) is 0 Å². The Bertz CT molecular complexity index is 349. The van der Waals surface area contributed by atoms with Gasteiger partial charge in [-0.2, -0.15) is 0 Å². The first-order chi connectivity index (χ1) is 6.50. The van der Waals surface area contributed by atoms with E-state index in [1.807, 2.05) is 6.92 Å². The van der Waals surface area contributed by atoms with E-state index in [9.17, 15) is 4.79 Å². The lowest BCUT2D eigenvalue weighted by Gasteiger charge is -2.12. The molecule has 1 aromatic carbocycles. The van der Waals surface area contributed by atoms with Gasteiger partial charge in [-0.15, -0.1) is 0 Å². The van der Waals surface area contributed by atoms with Gasteiger partial charge in [0, 0.05) is 5.02 Å². The van der Waals surface area contributed by atoms with Gasteiger partial charge >= 0.3 is 5.97 Å². The normalized spacial score (nSPS) is 12.2. The number of hydrogen-bond donors (Lipinski definition) is 1. The summed E-state index contributed by atoms with van der Waals surface area (Å²) in [6, 6.07) is 5.12. The molecule has 1 rings (SSSR count). The fourth-order valence-electron chi connectivity index (χ4n) is 0.942. The van der Waals surface area contributed by atoms with Crippen molar-refractivity contribution in [3.05, 3.63) is 28.8 Å². The minimum absolute atomic E-state index is 0.507. The molecule has 0 heterocycles. The van der Waals surface area contributed by atoms with Crippen LogP contribution >= 0.6 is 11.6 Å². The standard InChI is InChI=1S/C10H11ClO3/c1-6-3-4-8(11)5-9(6)14-7(2)10(12)13/h3-5,7H,1-2H3,(H,12,13)/t7-/m0/s1. The first-order valence-corrected chi connectivity index (χ1v) is 4.54. The van der Waals surface area contributed by atoms with Crippen LogP contribution in [0.15, 0.2) is 18.2 Å². The van der Waals surface area contributed by atoms with Crippen LogP contribution in [0, 0.1) is 6.92 Å². The van der Waals surface area contributed by atoms with E-state index in [2.05, 4.69) is 0 Å². The summed E-state index contributed by atoms with van der Waals surface area (Å²) in [6.45, 7) is 3.31. The van der Waals surface area contributed by atoms with Crippen LogP contribution < -0.4 is 4.74 Å². The Morgan fingerprint density at radius 1 is 1.57 bits per heavy atom. The van der Waals surface area contributed by atoms with Crippen LogP contribution in [0.5, 0.6) is 5.75 Å². The summed E-state index contributed by atoms with van der Waals surface area (Å²) in [4.78, 5) is 10.5. The third-order valence-electron chi connectivity index (χ3n) is 1.80. The fourth-order valence-corrected chi connectivity index (χ4v) is 1.10. The van der Waals surface area contributed by atoms with Crippen molar-refractivity contribution in [2.24, 2.45) is 0 Å². The lowest BCUT2D eigenvalue weighted by atomic mass is 10.2. The summed E-state index contributed by atoms with van der Waals surface area (Å²) in [5.41, 5.74) is 0.863. The van der Waals surface area contributed by atoms with Crippen LogP contribution in [0.1, 0.15) is 12.5 Å². The zero-order valence-electron chi connectivity index (χ0n) is 7.95. The molecule has 0 aliphatic carbocycles. The molecule has 0 amide bonds. The second-order valence-corrected chi connectivity index (χ2v) is 3.44. The van der Waals surface area contributed by atoms with E-state index in [4.69, 9.17) is 21.4 Å². The van der Waals surface area contributed by atoms with Crippen LogP contribution in [-0.4, -0.2) is 17.2 Å². The van der Waals surface area contributed by atoms with Crippen molar-refractivity contribution in [2.45, 2.75) is 20.0 Å². The van der Waals surface area contributed by atoms with E-state index in [0.717, 1.165) is 5.56 Å². The Morgan fingerprint density at radius 2 is 2.21 bits per heavy atom. The molecule has 0 saturated heterocycles. The molecule has 0 saturated carbocycles. The van der Waals surface area contributed by atoms with Crippen LogP contribution in [-0.2, 0) is 4.79 Å². The first kappa shape index (κ1) is 10.9. The summed E-state index contributed by atoms with van der Waals surface area (Å²) in [5.74, 6) is -0.489. The molecule has 1 N–H and O–H groups in total. The Kier molecular flexibility index (Phi) is 3.36. The second kappa shape index (κ2) is 4.33. The van der Waals surface area contributed by atoms with Gasteiger partial charge in [0.25, 0.3) is 0 Å². The van der Waals surface area contributed by atoms with Crippen LogP contribution in [0.2, 0.25) is 5.02 Å². The number of aryl methyl sites for hydroxylation is 1. The van der Waals surface area contributed by atoms with Gasteiger partial charge in [-0.25, -0.2) is 4.79 Å². The number of carbonyl (C=O) groups is 1. The molecular formula is C10H11ClO3. The average molecular weight is 215 g/mol. The van der Waals surface area contributed by atoms with Crippen molar-refractivity contribution in [1.29, 1.82) is 0 Å². The zero-order chi connectivity index (χ0) is 10.7. The number of carboxylic acid groups (broad SMARTS) is 1. The number of carboxylic acids is 1. The quantitative estimate of drug-likeness (QED) is 0.841. The summed E-state index contributed by atoms with van der Waals surface area (Å²) in [6.07, 6.45) is -0.868. The van der Waals surface area contributed by atoms with E-state index in [1.54, 1.807) is 18.2 Å². The van der Waals surface area contributed by atoms with E-state index in [1.165, 1.54) is 6.92 Å². The number of halogens is 1. The SMILES string of the molecule is Cc1ccc(Cl)cc1O[C@@H](C)C(=O)O. The van der Waals surface area contributed by atoms with Crippen LogP contribution in [0.4, 0.5) is 0 Å². The number of ether oxygens (including phenoxy) is 1. The molecule has 1 aromatic rings. The molecule has 0 fully saturated rings. The molecule has 76 valence electrons. The zero-order valence-corrected chi connectivity index (χ0v) is 8.71. The number of hydrogen-bond acceptors (Lipinski definition) is 2. The predicted octanol–water partition coefficient (Wildman–Crippen LogP) is 2.50. The predicted molar refractivity (Wildman–Crippen MR) is 53.9 cm³/mol. The van der Waals surface area contributed by atoms with Gasteiger partial charge < -0.3 is 9.84 Å². The van der Waals surface area contributed by atoms with Crippen molar-refractivity contribution in [2.75, 3.05) is 0 Å². The highest BCUT2D eigenvalue weighted by Gasteiger charge is 2.13. The molecule has 0 aliphatic heterocycles. The molecule has 0 spiro atoms. The molecule has 0 radical (unpaired) electrons. The summed E-state index contributed by atoms with van der Waals surface area (Å²) in [7, 11) is 0. The van der Waals surface area contributed by atoms with Crippen molar-refractivity contribution >= 4 is 17.6 Å². The number of aliphatic carboxylic acids is 1. The lowest BCUT2D eigenvalue weighted by molar-refractivity contribution is -0.144. The van der Waals surface area contributed by atoms with Gasteiger partial charge in [0.15, 0.2) is 6.10 Å². The maximum Gasteiger partial charge on any atom is 0.344 e. The second-order valence-electron chi connectivity index (χ2n) is 3.01. The largest absolute Gasteiger partial charge is 0.479 e. The van der Waals surface area contributed by atoms with Crippen molar-refractivity contribution < 1.29 is 14.6 Å². The van der Waals surface area contributed by atoms with Gasteiger partial charge in [-0.1, -0.05) is 17.7 Å². The maximum absolute atomic E-state index is 10.5. The Balaban J connectivity index is 2.85. The molecular weight excluding hydrogens is 204 g/mol.